The molecule has 14 heavy (non-hydrogen) atoms. The van der Waals surface area contributed by atoms with Crippen molar-refractivity contribution in [3.8, 4) is 0 Å². The first kappa shape index (κ1) is 12.8. The zero-order valence-electron chi connectivity index (χ0n) is 8.61. The van der Waals surface area contributed by atoms with Crippen LogP contribution in [0.5, 0.6) is 0 Å². The first-order valence-corrected chi connectivity index (χ1v) is 4.72. The number of hydrogen-bond donors (Lipinski definition) is 1. The van der Waals surface area contributed by atoms with Gasteiger partial charge in [0.25, 0.3) is 0 Å². The minimum Gasteiger partial charge on any atom is -0.453 e. The molecule has 5 nitrogen and oxygen atoms in total. The lowest BCUT2D eigenvalue weighted by molar-refractivity contribution is 0.177. The maximum atomic E-state index is 10.7. The minimum absolute atomic E-state index is 0.101. The molecule has 0 fully saturated rings. The number of thiocarbonyl (C=S) groups is 1. The molecule has 0 saturated carbocycles. The van der Waals surface area contributed by atoms with Gasteiger partial charge in [-0.25, -0.2) is 9.79 Å². The van der Waals surface area contributed by atoms with Crippen LogP contribution in [0.25, 0.3) is 0 Å². The Morgan fingerprint density at radius 2 is 2.14 bits per heavy atom. The number of nitrogens with one attached hydrogen (secondary N) is 1. The predicted molar refractivity (Wildman–Crippen MR) is 59.6 cm³/mol. The molecule has 0 spiro atoms. The summed E-state index contributed by atoms with van der Waals surface area (Å²) < 4.78 is 4.36. The number of amides is 1. The molecule has 0 aromatic rings. The van der Waals surface area contributed by atoms with E-state index in [0.29, 0.717) is 0 Å². The van der Waals surface area contributed by atoms with Gasteiger partial charge in [0.05, 0.1) is 13.4 Å². The van der Waals surface area contributed by atoms with E-state index in [1.54, 1.807) is 6.34 Å². The highest BCUT2D eigenvalue weighted by atomic mass is 32.1. The van der Waals surface area contributed by atoms with Crippen molar-refractivity contribution >= 4 is 29.8 Å². The van der Waals surface area contributed by atoms with Crippen molar-refractivity contribution in [1.82, 2.24) is 10.2 Å². The molecule has 0 unspecified atom stereocenters. The van der Waals surface area contributed by atoms with Crippen molar-refractivity contribution in [2.45, 2.75) is 13.8 Å². The molecule has 0 heterocycles. The van der Waals surface area contributed by atoms with Crippen LogP contribution in [0, 0.1) is 0 Å². The highest BCUT2D eigenvalue weighted by Crippen LogP contribution is 1.83. The van der Waals surface area contributed by atoms with Crippen molar-refractivity contribution in [2.24, 2.45) is 4.99 Å². The molecule has 0 bridgehead atoms. The van der Waals surface area contributed by atoms with E-state index in [9.17, 15) is 4.79 Å². The largest absolute Gasteiger partial charge is 0.453 e. The monoisotopic (exact) mass is 217 g/mol. The summed E-state index contributed by atoms with van der Waals surface area (Å²) in [5.74, 6) is 0. The number of carbonyl (C=O) groups excluding carboxylic acids is 1. The lowest BCUT2D eigenvalue weighted by atomic mass is 10.6. The average molecular weight is 217 g/mol. The molecule has 0 rings (SSSR count). The molecule has 0 radical (unpaired) electrons. The van der Waals surface area contributed by atoms with Crippen molar-refractivity contribution in [2.75, 3.05) is 20.2 Å². The Kier molecular flexibility index (Phi) is 6.65. The normalized spacial score (nSPS) is 9.93. The Labute approximate surface area is 89.1 Å². The van der Waals surface area contributed by atoms with Gasteiger partial charge in [-0.3, -0.25) is 5.32 Å². The smallest absolute Gasteiger partial charge is 0.413 e. The van der Waals surface area contributed by atoms with E-state index in [1.807, 2.05) is 18.7 Å². The van der Waals surface area contributed by atoms with Crippen LogP contribution < -0.4 is 5.32 Å². The van der Waals surface area contributed by atoms with E-state index in [2.05, 4.69) is 15.0 Å². The first-order chi connectivity index (χ1) is 6.63. The van der Waals surface area contributed by atoms with Crippen molar-refractivity contribution in [3.63, 3.8) is 0 Å². The summed E-state index contributed by atoms with van der Waals surface area (Å²) in [6, 6.07) is 0. The molecule has 80 valence electrons. The van der Waals surface area contributed by atoms with E-state index >= 15 is 0 Å². The Morgan fingerprint density at radius 1 is 1.57 bits per heavy atom. The van der Waals surface area contributed by atoms with Crippen molar-refractivity contribution in [3.05, 3.63) is 0 Å². The zero-order valence-corrected chi connectivity index (χ0v) is 9.43. The van der Waals surface area contributed by atoms with E-state index in [1.165, 1.54) is 7.11 Å². The Bertz CT molecular complexity index is 227. The SMILES string of the molecule is CCN(/C=N/C(=S)NC(=O)OC)CC. The Hall–Kier alpha value is -1.17. The fraction of sp³-hybridized carbons (Fsp3) is 0.625. The molecule has 0 aromatic carbocycles. The summed E-state index contributed by atoms with van der Waals surface area (Å²) >= 11 is 4.77. The van der Waals surface area contributed by atoms with Crippen LogP contribution in [0.1, 0.15) is 13.8 Å². The maximum absolute atomic E-state index is 10.7. The summed E-state index contributed by atoms with van der Waals surface area (Å²) in [5, 5.41) is 2.38. The molecule has 0 aromatic heterocycles. The second-order valence-electron chi connectivity index (χ2n) is 2.39. The van der Waals surface area contributed by atoms with E-state index in [0.717, 1.165) is 13.1 Å². The van der Waals surface area contributed by atoms with Crippen LogP contribution >= 0.6 is 12.2 Å². The van der Waals surface area contributed by atoms with Gasteiger partial charge >= 0.3 is 6.09 Å². The zero-order chi connectivity index (χ0) is 11.0. The number of alkyl carbamates (subject to hydrolysis) is 1. The molecular formula is C8H15N3O2S. The van der Waals surface area contributed by atoms with Gasteiger partial charge in [0.15, 0.2) is 0 Å². The molecule has 0 aliphatic carbocycles. The highest BCUT2D eigenvalue weighted by Gasteiger charge is 2.00. The second-order valence-corrected chi connectivity index (χ2v) is 2.77. The lowest BCUT2D eigenvalue weighted by Gasteiger charge is -2.13. The fourth-order valence-electron chi connectivity index (χ4n) is 0.692. The van der Waals surface area contributed by atoms with Gasteiger partial charge in [0.1, 0.15) is 0 Å². The number of ether oxygens (including phenoxy) is 1. The van der Waals surface area contributed by atoms with Gasteiger partial charge in [-0.05, 0) is 26.1 Å². The molecule has 1 amide bonds. The third-order valence-electron chi connectivity index (χ3n) is 1.55. The van der Waals surface area contributed by atoms with Crippen molar-refractivity contribution < 1.29 is 9.53 Å². The molecule has 0 aliphatic rings. The van der Waals surface area contributed by atoms with E-state index < -0.39 is 6.09 Å². The molecule has 0 atom stereocenters. The summed E-state index contributed by atoms with van der Waals surface area (Å²) in [7, 11) is 1.27. The summed E-state index contributed by atoms with van der Waals surface area (Å²) in [6.07, 6.45) is 0.991. The lowest BCUT2D eigenvalue weighted by Crippen LogP contribution is -2.29. The first-order valence-electron chi connectivity index (χ1n) is 4.31. The van der Waals surface area contributed by atoms with E-state index in [-0.39, 0.29) is 5.11 Å². The molecule has 6 heteroatoms. The highest BCUT2D eigenvalue weighted by molar-refractivity contribution is 7.80. The number of methoxy groups -OCH3 is 1. The fourth-order valence-corrected chi connectivity index (χ4v) is 0.822. The molecule has 0 aliphatic heterocycles. The van der Waals surface area contributed by atoms with Gasteiger partial charge < -0.3 is 9.64 Å². The summed E-state index contributed by atoms with van der Waals surface area (Å²) in [5.41, 5.74) is 0. The Morgan fingerprint density at radius 3 is 2.57 bits per heavy atom. The third kappa shape index (κ3) is 5.47. The second kappa shape index (κ2) is 7.25. The number of carbonyl (C=O) groups is 1. The number of hydrogen-bond acceptors (Lipinski definition) is 3. The quantitative estimate of drug-likeness (QED) is 0.435. The van der Waals surface area contributed by atoms with Gasteiger partial charge in [0, 0.05) is 13.1 Å². The molecule has 0 saturated heterocycles. The summed E-state index contributed by atoms with van der Waals surface area (Å²) in [4.78, 5) is 16.5. The minimum atomic E-state index is -0.605. The van der Waals surface area contributed by atoms with Gasteiger partial charge in [-0.2, -0.15) is 0 Å². The van der Waals surface area contributed by atoms with Crippen LogP contribution in [0.2, 0.25) is 0 Å². The van der Waals surface area contributed by atoms with Crippen molar-refractivity contribution in [1.29, 1.82) is 0 Å². The summed E-state index contributed by atoms with van der Waals surface area (Å²) in [6.45, 7) is 5.71. The number of nitrogens with zero attached hydrogens (tertiary/aromatic N) is 2. The maximum Gasteiger partial charge on any atom is 0.413 e. The topological polar surface area (TPSA) is 53.9 Å². The van der Waals surface area contributed by atoms with Gasteiger partial charge in [0.2, 0.25) is 5.11 Å². The standard InChI is InChI=1S/C8H15N3O2S/c1-4-11(5-2)6-9-7(14)10-8(12)13-3/h6H,4-5H2,1-3H3,(H,10,12,14)/b9-6+. The average Bonchev–Trinajstić information content (AvgIpc) is 2.19. The molecular weight excluding hydrogens is 202 g/mol. The number of aliphatic imine (C=N–C) groups is 1. The van der Waals surface area contributed by atoms with Crippen LogP contribution in [-0.2, 0) is 4.74 Å². The van der Waals surface area contributed by atoms with Gasteiger partial charge in [-0.15, -0.1) is 0 Å². The van der Waals surface area contributed by atoms with E-state index in [4.69, 9.17) is 12.2 Å². The third-order valence-corrected chi connectivity index (χ3v) is 1.75. The Balaban J connectivity index is 3.98. The molecule has 1 N–H and O–H groups in total. The van der Waals surface area contributed by atoms with Crippen LogP contribution in [0.4, 0.5) is 4.79 Å². The van der Waals surface area contributed by atoms with Crippen LogP contribution in [-0.4, -0.2) is 42.6 Å². The number of rotatable bonds is 3. The van der Waals surface area contributed by atoms with Crippen LogP contribution in [0.3, 0.4) is 0 Å². The van der Waals surface area contributed by atoms with Gasteiger partial charge in [-0.1, -0.05) is 0 Å². The predicted octanol–water partition coefficient (Wildman–Crippen LogP) is 0.997. The van der Waals surface area contributed by atoms with Crippen LogP contribution in [0.15, 0.2) is 4.99 Å².